The van der Waals surface area contributed by atoms with Crippen LogP contribution in [0.3, 0.4) is 0 Å². The molecule has 0 aliphatic carbocycles. The lowest BCUT2D eigenvalue weighted by molar-refractivity contribution is 0.175. The SMILES string of the molecule is CC(C)C(Cl)OC(O)=S. The number of hydrogen-bond donors (Lipinski definition) is 1. The molecule has 0 saturated heterocycles. The van der Waals surface area contributed by atoms with Gasteiger partial charge < -0.3 is 9.84 Å². The second kappa shape index (κ2) is 3.90. The minimum absolute atomic E-state index is 0.150. The number of rotatable bonds is 2. The van der Waals surface area contributed by atoms with Crippen molar-refractivity contribution in [3.05, 3.63) is 0 Å². The highest BCUT2D eigenvalue weighted by atomic mass is 35.5. The number of ether oxygens (including phenoxy) is 1. The molecule has 0 aliphatic rings. The maximum atomic E-state index is 8.40. The summed E-state index contributed by atoms with van der Waals surface area (Å²) in [5, 5.41) is 7.90. The Balaban J connectivity index is 3.50. The van der Waals surface area contributed by atoms with Crippen LogP contribution in [0.25, 0.3) is 0 Å². The first-order valence-electron chi connectivity index (χ1n) is 2.57. The number of halogens is 1. The predicted octanol–water partition coefficient (Wildman–Crippen LogP) is 2.07. The molecule has 1 N–H and O–H groups in total. The highest BCUT2D eigenvalue weighted by molar-refractivity contribution is 7.79. The standard InChI is InChI=1S/C5H9ClO2S/c1-3(2)4(6)8-5(7)9/h3-4H,1-2H3,(H,7,9). The van der Waals surface area contributed by atoms with Crippen molar-refractivity contribution >= 4 is 29.1 Å². The van der Waals surface area contributed by atoms with Crippen molar-refractivity contribution in [2.75, 3.05) is 0 Å². The molecule has 0 aliphatic heterocycles. The Morgan fingerprint density at radius 2 is 2.11 bits per heavy atom. The summed E-state index contributed by atoms with van der Waals surface area (Å²) in [4.78, 5) is 0. The zero-order valence-corrected chi connectivity index (χ0v) is 6.87. The molecular weight excluding hydrogens is 160 g/mol. The van der Waals surface area contributed by atoms with E-state index in [0.717, 1.165) is 0 Å². The zero-order chi connectivity index (χ0) is 7.44. The molecule has 0 amide bonds. The van der Waals surface area contributed by atoms with Gasteiger partial charge in [0.2, 0.25) is 0 Å². The molecule has 0 heterocycles. The Morgan fingerprint density at radius 3 is 2.22 bits per heavy atom. The molecule has 0 radical (unpaired) electrons. The van der Waals surface area contributed by atoms with Crippen LogP contribution >= 0.6 is 23.8 Å². The van der Waals surface area contributed by atoms with Crippen molar-refractivity contribution in [1.82, 2.24) is 0 Å². The van der Waals surface area contributed by atoms with E-state index >= 15 is 0 Å². The Labute approximate surface area is 64.8 Å². The Hall–Kier alpha value is -0.0200. The van der Waals surface area contributed by atoms with Crippen LogP contribution in [-0.4, -0.2) is 15.9 Å². The van der Waals surface area contributed by atoms with Crippen LogP contribution in [0, 0.1) is 5.92 Å². The first-order valence-corrected chi connectivity index (χ1v) is 3.42. The van der Waals surface area contributed by atoms with Crippen LogP contribution in [0.4, 0.5) is 0 Å². The van der Waals surface area contributed by atoms with Gasteiger partial charge in [0.25, 0.3) is 0 Å². The van der Waals surface area contributed by atoms with Crippen LogP contribution in [0.2, 0.25) is 0 Å². The molecule has 0 aromatic rings. The van der Waals surface area contributed by atoms with Gasteiger partial charge in [-0.05, 0) is 0 Å². The van der Waals surface area contributed by atoms with Gasteiger partial charge in [-0.3, -0.25) is 0 Å². The average Bonchev–Trinajstić information content (AvgIpc) is 1.63. The molecular formula is C5H9ClO2S. The third-order valence-corrected chi connectivity index (χ3v) is 1.43. The molecule has 0 bridgehead atoms. The Morgan fingerprint density at radius 1 is 1.67 bits per heavy atom. The van der Waals surface area contributed by atoms with Crippen molar-refractivity contribution in [3.8, 4) is 0 Å². The first kappa shape index (κ1) is 8.98. The van der Waals surface area contributed by atoms with Crippen LogP contribution in [0.5, 0.6) is 0 Å². The van der Waals surface area contributed by atoms with E-state index in [1.54, 1.807) is 0 Å². The monoisotopic (exact) mass is 168 g/mol. The van der Waals surface area contributed by atoms with E-state index in [0.29, 0.717) is 0 Å². The van der Waals surface area contributed by atoms with Gasteiger partial charge in [0.15, 0.2) is 5.56 Å². The maximum Gasteiger partial charge on any atom is 0.351 e. The average molecular weight is 169 g/mol. The van der Waals surface area contributed by atoms with E-state index in [-0.39, 0.29) is 5.92 Å². The molecule has 0 spiro atoms. The van der Waals surface area contributed by atoms with Gasteiger partial charge in [0.1, 0.15) is 0 Å². The third kappa shape index (κ3) is 4.48. The molecule has 1 atom stereocenters. The van der Waals surface area contributed by atoms with Gasteiger partial charge >= 0.3 is 5.24 Å². The summed E-state index contributed by atoms with van der Waals surface area (Å²) < 4.78 is 4.56. The summed E-state index contributed by atoms with van der Waals surface area (Å²) in [5.41, 5.74) is -0.525. The van der Waals surface area contributed by atoms with Gasteiger partial charge in [-0.15, -0.1) is 0 Å². The van der Waals surface area contributed by atoms with Gasteiger partial charge in [-0.2, -0.15) is 0 Å². The summed E-state index contributed by atoms with van der Waals surface area (Å²) in [6, 6.07) is 0. The van der Waals surface area contributed by atoms with Crippen LogP contribution < -0.4 is 0 Å². The fourth-order valence-corrected chi connectivity index (χ4v) is 0.473. The summed E-state index contributed by atoms with van der Waals surface area (Å²) in [5.74, 6) is 0.150. The van der Waals surface area contributed by atoms with Gasteiger partial charge in [0.05, 0.1) is 0 Å². The lowest BCUT2D eigenvalue weighted by Crippen LogP contribution is -2.15. The normalized spacial score (nSPS) is 13.3. The molecule has 0 fully saturated rings. The van der Waals surface area contributed by atoms with Crippen LogP contribution in [0.1, 0.15) is 13.8 Å². The lowest BCUT2D eigenvalue weighted by Gasteiger charge is -2.12. The fraction of sp³-hybridized carbons (Fsp3) is 0.800. The summed E-state index contributed by atoms with van der Waals surface area (Å²) in [6.45, 7) is 3.74. The number of aliphatic hydroxyl groups is 1. The molecule has 0 rings (SSSR count). The molecule has 4 heteroatoms. The van der Waals surface area contributed by atoms with E-state index in [2.05, 4.69) is 17.0 Å². The fourth-order valence-electron chi connectivity index (χ4n) is 0.232. The first-order chi connectivity index (χ1) is 4.04. The topological polar surface area (TPSA) is 29.5 Å². The van der Waals surface area contributed by atoms with E-state index in [4.69, 9.17) is 16.7 Å². The van der Waals surface area contributed by atoms with Crippen molar-refractivity contribution in [3.63, 3.8) is 0 Å². The van der Waals surface area contributed by atoms with E-state index in [1.165, 1.54) is 0 Å². The molecule has 9 heavy (non-hydrogen) atoms. The second-order valence-corrected chi connectivity index (χ2v) is 2.76. The molecule has 2 nitrogen and oxygen atoms in total. The van der Waals surface area contributed by atoms with Crippen molar-refractivity contribution < 1.29 is 9.84 Å². The molecule has 54 valence electrons. The summed E-state index contributed by atoms with van der Waals surface area (Å²) in [7, 11) is 0. The Kier molecular flexibility index (Phi) is 3.89. The highest BCUT2D eigenvalue weighted by Crippen LogP contribution is 2.10. The molecule has 0 saturated carbocycles. The van der Waals surface area contributed by atoms with Crippen molar-refractivity contribution in [2.24, 2.45) is 5.92 Å². The number of thiocarbonyl (C=S) groups is 1. The minimum Gasteiger partial charge on any atom is -0.472 e. The van der Waals surface area contributed by atoms with Crippen LogP contribution in [0.15, 0.2) is 0 Å². The van der Waals surface area contributed by atoms with E-state index < -0.39 is 10.8 Å². The van der Waals surface area contributed by atoms with Crippen molar-refractivity contribution in [2.45, 2.75) is 19.4 Å². The largest absolute Gasteiger partial charge is 0.472 e. The molecule has 0 aromatic heterocycles. The number of alkyl halides is 1. The summed E-state index contributed by atoms with van der Waals surface area (Å²) >= 11 is 9.78. The molecule has 1 unspecified atom stereocenters. The van der Waals surface area contributed by atoms with E-state index in [9.17, 15) is 0 Å². The zero-order valence-electron chi connectivity index (χ0n) is 5.30. The molecule has 0 aromatic carbocycles. The second-order valence-electron chi connectivity index (χ2n) is 1.98. The smallest absolute Gasteiger partial charge is 0.351 e. The minimum atomic E-state index is -0.525. The van der Waals surface area contributed by atoms with Gasteiger partial charge in [-0.1, -0.05) is 25.4 Å². The van der Waals surface area contributed by atoms with Crippen molar-refractivity contribution in [1.29, 1.82) is 0 Å². The third-order valence-electron chi connectivity index (χ3n) is 0.738. The quantitative estimate of drug-likeness (QED) is 0.506. The van der Waals surface area contributed by atoms with Gasteiger partial charge in [0, 0.05) is 18.1 Å². The van der Waals surface area contributed by atoms with Crippen LogP contribution in [-0.2, 0) is 4.74 Å². The predicted molar refractivity (Wildman–Crippen MR) is 40.8 cm³/mol. The summed E-state index contributed by atoms with van der Waals surface area (Å²) in [6.07, 6.45) is 0. The van der Waals surface area contributed by atoms with Gasteiger partial charge in [-0.25, -0.2) is 0 Å². The highest BCUT2D eigenvalue weighted by Gasteiger charge is 2.10. The maximum absolute atomic E-state index is 8.40. The lowest BCUT2D eigenvalue weighted by atomic mass is 10.2. The number of hydrogen-bond acceptors (Lipinski definition) is 2. The number of aliphatic hydroxyl groups excluding tert-OH is 1. The van der Waals surface area contributed by atoms with E-state index in [1.807, 2.05) is 13.8 Å². The Bertz CT molecular complexity index is 105.